The molecule has 0 spiro atoms. The monoisotopic (exact) mass is 244 g/mol. The maximum Gasteiger partial charge on any atom is 0.141 e. The summed E-state index contributed by atoms with van der Waals surface area (Å²) in [5, 5.41) is 0. The van der Waals surface area contributed by atoms with Crippen LogP contribution in [0.3, 0.4) is 0 Å². The van der Waals surface area contributed by atoms with Gasteiger partial charge in [0.05, 0.1) is 0 Å². The molecule has 1 unspecified atom stereocenters. The van der Waals surface area contributed by atoms with Crippen molar-refractivity contribution < 1.29 is 0 Å². The summed E-state index contributed by atoms with van der Waals surface area (Å²) in [6.07, 6.45) is 8.30. The molecule has 0 bridgehead atoms. The van der Waals surface area contributed by atoms with E-state index < -0.39 is 0 Å². The van der Waals surface area contributed by atoms with Crippen molar-refractivity contribution in [3.8, 4) is 5.82 Å². The maximum absolute atomic E-state index is 6.05. The zero-order valence-corrected chi connectivity index (χ0v) is 11.0. The molecule has 0 saturated heterocycles. The summed E-state index contributed by atoms with van der Waals surface area (Å²) in [5.74, 6) is 1.98. The van der Waals surface area contributed by atoms with Crippen LogP contribution in [0.4, 0.5) is 0 Å². The van der Waals surface area contributed by atoms with Crippen LogP contribution in [0.1, 0.15) is 31.7 Å². The number of rotatable bonds is 5. The van der Waals surface area contributed by atoms with Crippen molar-refractivity contribution in [1.29, 1.82) is 0 Å². The van der Waals surface area contributed by atoms with Gasteiger partial charge in [0.1, 0.15) is 11.6 Å². The fourth-order valence-corrected chi connectivity index (χ4v) is 2.02. The molecule has 2 rings (SSSR count). The first-order valence-electron chi connectivity index (χ1n) is 6.48. The second-order valence-electron chi connectivity index (χ2n) is 4.43. The smallest absolute Gasteiger partial charge is 0.141 e. The second kappa shape index (κ2) is 5.78. The Balaban J connectivity index is 2.38. The Bertz CT molecular complexity index is 504. The standard InChI is InChI=1S/C14H20N4/c1-3-12(15)10-11-6-5-7-17-14(11)18-9-8-16-13(18)4-2/h5-9,12H,3-4,10,15H2,1-2H3. The Morgan fingerprint density at radius 1 is 1.28 bits per heavy atom. The van der Waals surface area contributed by atoms with E-state index in [0.29, 0.717) is 0 Å². The quantitative estimate of drug-likeness (QED) is 0.876. The minimum Gasteiger partial charge on any atom is -0.327 e. The summed E-state index contributed by atoms with van der Waals surface area (Å²) < 4.78 is 2.05. The Labute approximate surface area is 108 Å². The van der Waals surface area contributed by atoms with Gasteiger partial charge in [-0.05, 0) is 24.5 Å². The van der Waals surface area contributed by atoms with Crippen molar-refractivity contribution in [3.63, 3.8) is 0 Å². The van der Waals surface area contributed by atoms with E-state index in [1.165, 1.54) is 5.56 Å². The molecule has 0 aliphatic heterocycles. The molecular weight excluding hydrogens is 224 g/mol. The third-order valence-electron chi connectivity index (χ3n) is 3.14. The Morgan fingerprint density at radius 2 is 2.11 bits per heavy atom. The molecular formula is C14H20N4. The summed E-state index contributed by atoms with van der Waals surface area (Å²) in [7, 11) is 0. The molecule has 18 heavy (non-hydrogen) atoms. The van der Waals surface area contributed by atoms with E-state index in [9.17, 15) is 0 Å². The van der Waals surface area contributed by atoms with Crippen LogP contribution < -0.4 is 5.73 Å². The maximum atomic E-state index is 6.05. The Hall–Kier alpha value is -1.68. The summed E-state index contributed by atoms with van der Waals surface area (Å²) in [6, 6.07) is 4.24. The van der Waals surface area contributed by atoms with Gasteiger partial charge in [0, 0.05) is 31.1 Å². The average Bonchev–Trinajstić information content (AvgIpc) is 2.87. The number of aromatic nitrogens is 3. The molecule has 0 saturated carbocycles. The van der Waals surface area contributed by atoms with Gasteiger partial charge in [-0.25, -0.2) is 9.97 Å². The van der Waals surface area contributed by atoms with E-state index in [0.717, 1.165) is 30.9 Å². The minimum absolute atomic E-state index is 0.182. The molecule has 0 fully saturated rings. The van der Waals surface area contributed by atoms with Crippen LogP contribution in [-0.4, -0.2) is 20.6 Å². The second-order valence-corrected chi connectivity index (χ2v) is 4.43. The van der Waals surface area contributed by atoms with Crippen molar-refractivity contribution in [2.45, 2.75) is 39.2 Å². The topological polar surface area (TPSA) is 56.7 Å². The summed E-state index contributed by atoms with van der Waals surface area (Å²) >= 11 is 0. The summed E-state index contributed by atoms with van der Waals surface area (Å²) in [4.78, 5) is 8.83. The van der Waals surface area contributed by atoms with E-state index in [1.54, 1.807) is 0 Å². The fraction of sp³-hybridized carbons (Fsp3) is 0.429. The van der Waals surface area contributed by atoms with Crippen LogP contribution in [0, 0.1) is 0 Å². The van der Waals surface area contributed by atoms with Gasteiger partial charge in [0.2, 0.25) is 0 Å². The van der Waals surface area contributed by atoms with Crippen LogP contribution >= 0.6 is 0 Å². The summed E-state index contributed by atoms with van der Waals surface area (Å²) in [6.45, 7) is 4.20. The predicted molar refractivity (Wildman–Crippen MR) is 72.7 cm³/mol. The molecule has 2 aromatic rings. The van der Waals surface area contributed by atoms with Crippen LogP contribution in [0.2, 0.25) is 0 Å². The van der Waals surface area contributed by atoms with E-state index in [4.69, 9.17) is 5.73 Å². The fourth-order valence-electron chi connectivity index (χ4n) is 2.02. The lowest BCUT2D eigenvalue weighted by Crippen LogP contribution is -2.22. The molecule has 0 radical (unpaired) electrons. The van der Waals surface area contributed by atoms with Gasteiger partial charge in [0.15, 0.2) is 0 Å². The highest BCUT2D eigenvalue weighted by atomic mass is 15.1. The predicted octanol–water partition coefficient (Wildman–Crippen LogP) is 2.11. The SMILES string of the molecule is CCc1nccn1-c1ncccc1CC(N)CC. The van der Waals surface area contributed by atoms with Crippen LogP contribution in [0.5, 0.6) is 0 Å². The van der Waals surface area contributed by atoms with Crippen molar-refractivity contribution >= 4 is 0 Å². The van der Waals surface area contributed by atoms with E-state index in [-0.39, 0.29) is 6.04 Å². The third kappa shape index (κ3) is 2.59. The molecule has 0 aliphatic rings. The van der Waals surface area contributed by atoms with Crippen molar-refractivity contribution in [3.05, 3.63) is 42.1 Å². The third-order valence-corrected chi connectivity index (χ3v) is 3.14. The van der Waals surface area contributed by atoms with Gasteiger partial charge in [0.25, 0.3) is 0 Å². The number of pyridine rings is 1. The van der Waals surface area contributed by atoms with Gasteiger partial charge in [-0.1, -0.05) is 19.9 Å². The highest BCUT2D eigenvalue weighted by molar-refractivity contribution is 5.35. The van der Waals surface area contributed by atoms with E-state index in [2.05, 4.69) is 34.4 Å². The van der Waals surface area contributed by atoms with Gasteiger partial charge in [-0.2, -0.15) is 0 Å². The first-order valence-corrected chi connectivity index (χ1v) is 6.48. The lowest BCUT2D eigenvalue weighted by molar-refractivity contribution is 0.641. The van der Waals surface area contributed by atoms with Gasteiger partial charge in [-0.3, -0.25) is 4.57 Å². The normalized spacial score (nSPS) is 12.6. The number of nitrogens with two attached hydrogens (primary N) is 1. The highest BCUT2D eigenvalue weighted by Gasteiger charge is 2.11. The number of imidazole rings is 1. The molecule has 4 heteroatoms. The largest absolute Gasteiger partial charge is 0.327 e. The van der Waals surface area contributed by atoms with Crippen molar-refractivity contribution in [2.24, 2.45) is 5.73 Å². The molecule has 2 N–H and O–H groups in total. The Morgan fingerprint density at radius 3 is 2.83 bits per heavy atom. The first-order chi connectivity index (χ1) is 8.76. The number of hydrogen-bond donors (Lipinski definition) is 1. The number of nitrogens with zero attached hydrogens (tertiary/aromatic N) is 3. The molecule has 0 aliphatic carbocycles. The molecule has 0 aromatic carbocycles. The van der Waals surface area contributed by atoms with Crippen LogP contribution in [0.15, 0.2) is 30.7 Å². The average molecular weight is 244 g/mol. The van der Waals surface area contributed by atoms with Gasteiger partial charge >= 0.3 is 0 Å². The minimum atomic E-state index is 0.182. The number of hydrogen-bond acceptors (Lipinski definition) is 3. The molecule has 2 heterocycles. The van der Waals surface area contributed by atoms with Crippen molar-refractivity contribution in [2.75, 3.05) is 0 Å². The van der Waals surface area contributed by atoms with E-state index in [1.807, 2.05) is 24.7 Å². The van der Waals surface area contributed by atoms with Crippen molar-refractivity contribution in [1.82, 2.24) is 14.5 Å². The van der Waals surface area contributed by atoms with E-state index >= 15 is 0 Å². The summed E-state index contributed by atoms with van der Waals surface area (Å²) in [5.41, 5.74) is 7.23. The lowest BCUT2D eigenvalue weighted by Gasteiger charge is -2.14. The molecule has 0 amide bonds. The molecule has 4 nitrogen and oxygen atoms in total. The molecule has 1 atom stereocenters. The first kappa shape index (κ1) is 12.8. The van der Waals surface area contributed by atoms with Crippen LogP contribution in [-0.2, 0) is 12.8 Å². The molecule has 96 valence electrons. The van der Waals surface area contributed by atoms with Gasteiger partial charge in [-0.15, -0.1) is 0 Å². The number of aryl methyl sites for hydroxylation is 1. The van der Waals surface area contributed by atoms with Gasteiger partial charge < -0.3 is 5.73 Å². The van der Waals surface area contributed by atoms with Crippen LogP contribution in [0.25, 0.3) is 5.82 Å². The molecule has 2 aromatic heterocycles. The Kier molecular flexibility index (Phi) is 4.10. The zero-order chi connectivity index (χ0) is 13.0. The zero-order valence-electron chi connectivity index (χ0n) is 11.0. The highest BCUT2D eigenvalue weighted by Crippen LogP contribution is 2.16. The lowest BCUT2D eigenvalue weighted by atomic mass is 10.1.